The molecule has 1 fully saturated rings. The molecule has 8 heteroatoms. The lowest BCUT2D eigenvalue weighted by Crippen LogP contribution is -2.34. The molecule has 41 heavy (non-hydrogen) atoms. The fourth-order valence-electron chi connectivity index (χ4n) is 6.35. The molecular weight excluding hydrogens is 520 g/mol. The average molecular weight is 569 g/mol. The maximum atomic E-state index is 12.2. The first-order valence-corrected chi connectivity index (χ1v) is 15.0. The summed E-state index contributed by atoms with van der Waals surface area (Å²) in [5.41, 5.74) is 8.47. The Kier molecular flexibility index (Phi) is 12.3. The smallest absolute Gasteiger partial charge is 0.302 e. The SMILES string of the molecule is COc1cc(CC[C@H](C[C@@H](OC(C)=O)[C@H]2CCCCC[C@@H](CC(C)C)C2)OC(C)=O)c(-c2ccnc(N)c2)cc1O. The van der Waals surface area contributed by atoms with Crippen molar-refractivity contribution >= 4 is 17.8 Å². The highest BCUT2D eigenvalue weighted by molar-refractivity contribution is 5.72. The standard InChI is InChI=1S/C33H48N2O6/c1-21(2)15-24-9-7-6-8-10-27(16-24)31(41-23(4)37)19-28(40-22(3)36)12-11-25-17-32(39-5)30(38)20-29(25)26-13-14-35-33(34)18-26/h13-14,17-18,20-21,24,27-28,31,38H,6-12,15-16,19H2,1-5H3,(H2,34,35)/t24-,27-,28+,31+/m0/s1. The molecule has 0 bridgehead atoms. The predicted molar refractivity (Wildman–Crippen MR) is 160 cm³/mol. The van der Waals surface area contributed by atoms with Crippen LogP contribution in [0.15, 0.2) is 30.5 Å². The maximum Gasteiger partial charge on any atom is 0.302 e. The van der Waals surface area contributed by atoms with Crippen LogP contribution < -0.4 is 10.5 Å². The number of nitrogens with zero attached hydrogens (tertiary/aromatic N) is 1. The van der Waals surface area contributed by atoms with Gasteiger partial charge in [-0.2, -0.15) is 0 Å². The number of carbonyl (C=O) groups excluding carboxylic acids is 2. The number of aromatic nitrogens is 1. The minimum Gasteiger partial charge on any atom is -0.504 e. The lowest BCUT2D eigenvalue weighted by Gasteiger charge is -2.34. The van der Waals surface area contributed by atoms with Crippen LogP contribution in [0.3, 0.4) is 0 Å². The van der Waals surface area contributed by atoms with Crippen LogP contribution in [0.4, 0.5) is 5.82 Å². The molecule has 1 aliphatic carbocycles. The number of pyridine rings is 1. The van der Waals surface area contributed by atoms with Crippen molar-refractivity contribution in [2.75, 3.05) is 12.8 Å². The van der Waals surface area contributed by atoms with Gasteiger partial charge >= 0.3 is 11.9 Å². The van der Waals surface area contributed by atoms with Crippen molar-refractivity contribution in [3.8, 4) is 22.6 Å². The number of carbonyl (C=O) groups is 2. The minimum absolute atomic E-state index is 0.0216. The predicted octanol–water partition coefficient (Wildman–Crippen LogP) is 6.86. The Bertz CT molecular complexity index is 1150. The molecule has 1 aromatic carbocycles. The molecule has 1 aromatic heterocycles. The number of ether oxygens (including phenoxy) is 3. The third kappa shape index (κ3) is 10.2. The summed E-state index contributed by atoms with van der Waals surface area (Å²) < 4.78 is 17.2. The van der Waals surface area contributed by atoms with Gasteiger partial charge in [-0.05, 0) is 90.8 Å². The topological polar surface area (TPSA) is 121 Å². The van der Waals surface area contributed by atoms with Gasteiger partial charge in [0.1, 0.15) is 18.0 Å². The Labute approximate surface area is 245 Å². The fraction of sp³-hybridized carbons (Fsp3) is 0.606. The second-order valence-electron chi connectivity index (χ2n) is 11.9. The molecule has 0 unspecified atom stereocenters. The van der Waals surface area contributed by atoms with Gasteiger partial charge in [-0.25, -0.2) is 4.98 Å². The number of hydrogen-bond donors (Lipinski definition) is 2. The van der Waals surface area contributed by atoms with Crippen molar-refractivity contribution in [3.05, 3.63) is 36.0 Å². The van der Waals surface area contributed by atoms with Crippen LogP contribution in [0.2, 0.25) is 0 Å². The van der Waals surface area contributed by atoms with E-state index in [1.165, 1.54) is 46.6 Å². The Morgan fingerprint density at radius 2 is 1.80 bits per heavy atom. The van der Waals surface area contributed by atoms with E-state index < -0.39 is 6.10 Å². The molecule has 8 nitrogen and oxygen atoms in total. The number of hydrogen-bond acceptors (Lipinski definition) is 8. The Balaban J connectivity index is 1.86. The van der Waals surface area contributed by atoms with Crippen molar-refractivity contribution < 1.29 is 28.9 Å². The van der Waals surface area contributed by atoms with Crippen LogP contribution in [0.1, 0.15) is 91.0 Å². The number of esters is 2. The molecule has 0 amide bonds. The van der Waals surface area contributed by atoms with Gasteiger partial charge in [-0.15, -0.1) is 0 Å². The normalized spacial score (nSPS) is 19.1. The number of methoxy groups -OCH3 is 1. The Morgan fingerprint density at radius 3 is 2.46 bits per heavy atom. The van der Waals surface area contributed by atoms with Crippen molar-refractivity contribution in [3.63, 3.8) is 0 Å². The first kappa shape index (κ1) is 32.2. The third-order valence-electron chi connectivity index (χ3n) is 8.03. The van der Waals surface area contributed by atoms with Crippen LogP contribution in [-0.2, 0) is 25.5 Å². The second-order valence-corrected chi connectivity index (χ2v) is 11.9. The second kappa shape index (κ2) is 15.6. The molecule has 1 aliphatic rings. The zero-order chi connectivity index (χ0) is 29.9. The van der Waals surface area contributed by atoms with E-state index in [9.17, 15) is 14.7 Å². The van der Waals surface area contributed by atoms with Crippen molar-refractivity contribution in [1.82, 2.24) is 4.98 Å². The van der Waals surface area contributed by atoms with Crippen LogP contribution in [0.5, 0.6) is 11.5 Å². The van der Waals surface area contributed by atoms with E-state index in [2.05, 4.69) is 18.8 Å². The summed E-state index contributed by atoms with van der Waals surface area (Å²) in [4.78, 5) is 28.5. The van der Waals surface area contributed by atoms with E-state index >= 15 is 0 Å². The molecule has 2 aromatic rings. The largest absolute Gasteiger partial charge is 0.504 e. The highest BCUT2D eigenvalue weighted by atomic mass is 16.6. The Morgan fingerprint density at radius 1 is 1.07 bits per heavy atom. The van der Waals surface area contributed by atoms with E-state index in [1.807, 2.05) is 6.07 Å². The first-order chi connectivity index (χ1) is 19.5. The number of anilines is 1. The monoisotopic (exact) mass is 568 g/mol. The highest BCUT2D eigenvalue weighted by Gasteiger charge is 2.32. The zero-order valence-corrected chi connectivity index (χ0v) is 25.4. The molecule has 0 radical (unpaired) electrons. The number of benzene rings is 1. The van der Waals surface area contributed by atoms with E-state index in [-0.39, 0.29) is 29.7 Å². The molecule has 3 rings (SSSR count). The number of phenols is 1. The van der Waals surface area contributed by atoms with Crippen LogP contribution in [0, 0.1) is 17.8 Å². The van der Waals surface area contributed by atoms with Gasteiger partial charge in [0.15, 0.2) is 11.5 Å². The number of nitrogens with two attached hydrogens (primary N) is 1. The van der Waals surface area contributed by atoms with E-state index in [0.29, 0.717) is 42.7 Å². The molecule has 0 spiro atoms. The van der Waals surface area contributed by atoms with Crippen molar-refractivity contribution in [2.45, 2.75) is 104 Å². The number of nitrogen functional groups attached to an aromatic ring is 1. The van der Waals surface area contributed by atoms with Gasteiger partial charge in [0.2, 0.25) is 0 Å². The van der Waals surface area contributed by atoms with Crippen molar-refractivity contribution in [2.24, 2.45) is 17.8 Å². The molecule has 0 aliphatic heterocycles. The quantitative estimate of drug-likeness (QED) is 0.266. The fourth-order valence-corrected chi connectivity index (χ4v) is 6.35. The molecule has 4 atom stereocenters. The number of phenolic OH excluding ortho intramolecular Hbond substituents is 1. The zero-order valence-electron chi connectivity index (χ0n) is 25.4. The van der Waals surface area contributed by atoms with E-state index in [1.54, 1.807) is 24.4 Å². The van der Waals surface area contributed by atoms with Gasteiger partial charge < -0.3 is 25.1 Å². The van der Waals surface area contributed by atoms with Gasteiger partial charge in [-0.3, -0.25) is 9.59 Å². The van der Waals surface area contributed by atoms with Gasteiger partial charge in [-0.1, -0.05) is 39.5 Å². The summed E-state index contributed by atoms with van der Waals surface area (Å²) in [5, 5.41) is 10.5. The average Bonchev–Trinajstić information content (AvgIpc) is 2.87. The summed E-state index contributed by atoms with van der Waals surface area (Å²) in [6.45, 7) is 7.40. The maximum absolute atomic E-state index is 12.2. The molecule has 0 saturated heterocycles. The van der Waals surface area contributed by atoms with Crippen molar-refractivity contribution in [1.29, 1.82) is 0 Å². The lowest BCUT2D eigenvalue weighted by molar-refractivity contribution is -0.156. The highest BCUT2D eigenvalue weighted by Crippen LogP contribution is 2.38. The number of aryl methyl sites for hydroxylation is 1. The number of aromatic hydroxyl groups is 1. The third-order valence-corrected chi connectivity index (χ3v) is 8.03. The van der Waals surface area contributed by atoms with Gasteiger partial charge in [0.05, 0.1) is 7.11 Å². The number of rotatable bonds is 12. The van der Waals surface area contributed by atoms with E-state index in [4.69, 9.17) is 19.9 Å². The van der Waals surface area contributed by atoms with Crippen LogP contribution in [0.25, 0.3) is 11.1 Å². The van der Waals surface area contributed by atoms with Crippen LogP contribution in [-0.4, -0.2) is 41.3 Å². The van der Waals surface area contributed by atoms with Gasteiger partial charge in [0, 0.05) is 26.5 Å². The summed E-state index contributed by atoms with van der Waals surface area (Å²) in [6.07, 6.45) is 10.3. The summed E-state index contributed by atoms with van der Waals surface area (Å²) >= 11 is 0. The summed E-state index contributed by atoms with van der Waals surface area (Å²) in [6, 6.07) is 7.06. The Hall–Kier alpha value is -3.29. The van der Waals surface area contributed by atoms with Gasteiger partial charge in [0.25, 0.3) is 0 Å². The van der Waals surface area contributed by atoms with Crippen LogP contribution >= 0.6 is 0 Å². The molecular formula is C33H48N2O6. The summed E-state index contributed by atoms with van der Waals surface area (Å²) in [5.74, 6) is 1.54. The lowest BCUT2D eigenvalue weighted by atomic mass is 9.77. The minimum atomic E-state index is -0.444. The molecule has 3 N–H and O–H groups in total. The van der Waals surface area contributed by atoms with E-state index in [0.717, 1.165) is 36.0 Å². The first-order valence-electron chi connectivity index (χ1n) is 15.0. The molecule has 1 saturated carbocycles. The summed E-state index contributed by atoms with van der Waals surface area (Å²) in [7, 11) is 1.51. The molecule has 226 valence electrons. The molecule has 1 heterocycles.